The van der Waals surface area contributed by atoms with Gasteiger partial charge in [-0.15, -0.1) is 0 Å². The first-order valence-electron chi connectivity index (χ1n) is 11.3. The van der Waals surface area contributed by atoms with Crippen LogP contribution in [0.1, 0.15) is 44.1 Å². The molecule has 0 saturated heterocycles. The average Bonchev–Trinajstić information content (AvgIpc) is 3.13. The monoisotopic (exact) mass is 395 g/mol. The van der Waals surface area contributed by atoms with Crippen LogP contribution in [0.15, 0.2) is 59.3 Å². The fourth-order valence-electron chi connectivity index (χ4n) is 7.12. The summed E-state index contributed by atoms with van der Waals surface area (Å²) in [5, 5.41) is 4.49. The molecule has 2 heterocycles. The number of nitrogens with one attached hydrogen (secondary N) is 1. The van der Waals surface area contributed by atoms with Gasteiger partial charge in [-0.2, -0.15) is 0 Å². The highest BCUT2D eigenvalue weighted by atomic mass is 16.3. The number of fused-ring (bicyclic) bond motifs is 3. The quantitative estimate of drug-likeness (QED) is 0.425. The van der Waals surface area contributed by atoms with Gasteiger partial charge >= 0.3 is 0 Å². The predicted molar refractivity (Wildman–Crippen MR) is 119 cm³/mol. The number of anilines is 2. The Balaban J connectivity index is 1.21. The second-order valence-electron chi connectivity index (χ2n) is 9.90. The lowest BCUT2D eigenvalue weighted by molar-refractivity contribution is -0.00518. The molecule has 8 rings (SSSR count). The molecule has 30 heavy (non-hydrogen) atoms. The lowest BCUT2D eigenvalue weighted by atomic mass is 9.48. The molecule has 150 valence electrons. The molecule has 0 aliphatic heterocycles. The number of hydrogen-bond donors (Lipinski definition) is 1. The zero-order valence-electron chi connectivity index (χ0n) is 17.0. The molecule has 4 aromatic rings. The van der Waals surface area contributed by atoms with Crippen LogP contribution in [-0.2, 0) is 5.41 Å². The zero-order chi connectivity index (χ0) is 19.7. The van der Waals surface area contributed by atoms with Crippen LogP contribution >= 0.6 is 0 Å². The van der Waals surface area contributed by atoms with E-state index in [1.807, 2.05) is 24.3 Å². The van der Waals surface area contributed by atoms with Crippen molar-refractivity contribution in [3.05, 3.63) is 60.4 Å². The first kappa shape index (κ1) is 16.9. The van der Waals surface area contributed by atoms with Gasteiger partial charge in [0, 0.05) is 11.1 Å². The summed E-state index contributed by atoms with van der Waals surface area (Å²) in [4.78, 5) is 8.91. The highest BCUT2D eigenvalue weighted by molar-refractivity contribution is 6.05. The SMILES string of the molecule is c1ccc2c(c1)oc1c(Nc3ccc(C45CC6CC(CC(C6)C4)C5)cc3)ncnc12. The van der Waals surface area contributed by atoms with E-state index < -0.39 is 0 Å². The Morgan fingerprint density at radius 3 is 2.27 bits per heavy atom. The van der Waals surface area contributed by atoms with Crippen molar-refractivity contribution in [2.45, 2.75) is 43.9 Å². The number of nitrogens with zero attached hydrogens (tertiary/aromatic N) is 2. The Hall–Kier alpha value is -2.88. The van der Waals surface area contributed by atoms with Crippen molar-refractivity contribution in [1.82, 2.24) is 9.97 Å². The van der Waals surface area contributed by atoms with E-state index in [-0.39, 0.29) is 0 Å². The number of furan rings is 1. The smallest absolute Gasteiger partial charge is 0.196 e. The van der Waals surface area contributed by atoms with Crippen LogP contribution in [0.3, 0.4) is 0 Å². The molecule has 1 N–H and O–H groups in total. The van der Waals surface area contributed by atoms with Crippen molar-refractivity contribution in [3.8, 4) is 0 Å². The summed E-state index contributed by atoms with van der Waals surface area (Å²) in [7, 11) is 0. The van der Waals surface area contributed by atoms with Gasteiger partial charge in [0.25, 0.3) is 0 Å². The topological polar surface area (TPSA) is 51.0 Å². The van der Waals surface area contributed by atoms with E-state index in [9.17, 15) is 0 Å². The summed E-state index contributed by atoms with van der Waals surface area (Å²) in [5.41, 5.74) is 5.44. The number of hydrogen-bond acceptors (Lipinski definition) is 4. The Morgan fingerprint density at radius 1 is 0.833 bits per heavy atom. The van der Waals surface area contributed by atoms with Gasteiger partial charge in [0.05, 0.1) is 0 Å². The summed E-state index contributed by atoms with van der Waals surface area (Å²) in [6, 6.07) is 17.1. The standard InChI is InChI=1S/C26H25N3O/c1-2-4-22-21(3-1)23-24(30-22)25(28-15-27-23)29-20-7-5-19(6-8-20)26-12-16-9-17(13-26)11-18(10-16)14-26/h1-8,15-18H,9-14H2,(H,27,28,29). The minimum Gasteiger partial charge on any atom is -0.450 e. The van der Waals surface area contributed by atoms with E-state index >= 15 is 0 Å². The molecule has 0 unspecified atom stereocenters. The second kappa shape index (κ2) is 6.07. The first-order valence-corrected chi connectivity index (χ1v) is 11.3. The van der Waals surface area contributed by atoms with Gasteiger partial charge in [-0.1, -0.05) is 24.3 Å². The average molecular weight is 396 g/mol. The zero-order valence-corrected chi connectivity index (χ0v) is 17.0. The molecule has 4 aliphatic carbocycles. The molecule has 4 aliphatic rings. The minimum absolute atomic E-state index is 0.439. The third kappa shape index (κ3) is 2.46. The van der Waals surface area contributed by atoms with Crippen molar-refractivity contribution in [2.24, 2.45) is 17.8 Å². The molecule has 4 bridgehead atoms. The van der Waals surface area contributed by atoms with Crippen molar-refractivity contribution >= 4 is 33.6 Å². The van der Waals surface area contributed by atoms with E-state index in [0.29, 0.717) is 11.0 Å². The van der Waals surface area contributed by atoms with Crippen LogP contribution in [0.4, 0.5) is 11.5 Å². The fourth-order valence-corrected chi connectivity index (χ4v) is 7.12. The summed E-state index contributed by atoms with van der Waals surface area (Å²) in [6.45, 7) is 0. The molecule has 4 fully saturated rings. The van der Waals surface area contributed by atoms with Crippen LogP contribution in [0.5, 0.6) is 0 Å². The minimum atomic E-state index is 0.439. The van der Waals surface area contributed by atoms with Gasteiger partial charge < -0.3 is 9.73 Å². The molecular weight excluding hydrogens is 370 g/mol. The highest BCUT2D eigenvalue weighted by Crippen LogP contribution is 2.60. The van der Waals surface area contributed by atoms with Gasteiger partial charge in [-0.25, -0.2) is 9.97 Å². The molecule has 4 saturated carbocycles. The lowest BCUT2D eigenvalue weighted by Crippen LogP contribution is -2.48. The van der Waals surface area contributed by atoms with Crippen LogP contribution in [0, 0.1) is 17.8 Å². The molecule has 4 nitrogen and oxygen atoms in total. The number of rotatable bonds is 3. The van der Waals surface area contributed by atoms with Crippen LogP contribution in [0.25, 0.3) is 22.1 Å². The van der Waals surface area contributed by atoms with E-state index in [2.05, 4.69) is 39.6 Å². The van der Waals surface area contributed by atoms with Crippen molar-refractivity contribution in [1.29, 1.82) is 0 Å². The Morgan fingerprint density at radius 2 is 1.53 bits per heavy atom. The summed E-state index contributed by atoms with van der Waals surface area (Å²) in [5.74, 6) is 3.63. The lowest BCUT2D eigenvalue weighted by Gasteiger charge is -2.57. The van der Waals surface area contributed by atoms with E-state index in [1.165, 1.54) is 38.5 Å². The summed E-state index contributed by atoms with van der Waals surface area (Å²) < 4.78 is 6.06. The molecule has 2 aromatic heterocycles. The molecule has 2 aromatic carbocycles. The predicted octanol–water partition coefficient (Wildman–Crippen LogP) is 6.59. The van der Waals surface area contributed by atoms with Gasteiger partial charge in [0.2, 0.25) is 0 Å². The maximum atomic E-state index is 6.06. The van der Waals surface area contributed by atoms with Crippen molar-refractivity contribution in [2.75, 3.05) is 5.32 Å². The maximum absolute atomic E-state index is 6.06. The van der Waals surface area contributed by atoms with Crippen molar-refractivity contribution < 1.29 is 4.42 Å². The Labute approximate surface area is 175 Å². The van der Waals surface area contributed by atoms with Crippen LogP contribution in [-0.4, -0.2) is 9.97 Å². The fraction of sp³-hybridized carbons (Fsp3) is 0.385. The molecular formula is C26H25N3O. The van der Waals surface area contributed by atoms with E-state index in [0.717, 1.165) is 45.7 Å². The van der Waals surface area contributed by atoms with Gasteiger partial charge in [-0.3, -0.25) is 0 Å². The van der Waals surface area contributed by atoms with Gasteiger partial charge in [-0.05, 0) is 91.5 Å². The number of benzene rings is 2. The Kier molecular flexibility index (Phi) is 3.41. The third-order valence-corrected chi connectivity index (χ3v) is 7.96. The van der Waals surface area contributed by atoms with Gasteiger partial charge in [0.1, 0.15) is 17.4 Å². The van der Waals surface area contributed by atoms with Crippen LogP contribution in [0.2, 0.25) is 0 Å². The van der Waals surface area contributed by atoms with Crippen molar-refractivity contribution in [3.63, 3.8) is 0 Å². The van der Waals surface area contributed by atoms with E-state index in [1.54, 1.807) is 11.9 Å². The maximum Gasteiger partial charge on any atom is 0.196 e. The largest absolute Gasteiger partial charge is 0.450 e. The summed E-state index contributed by atoms with van der Waals surface area (Å²) in [6.07, 6.45) is 10.3. The molecule has 4 heteroatoms. The normalized spacial score (nSPS) is 29.7. The van der Waals surface area contributed by atoms with E-state index in [4.69, 9.17) is 4.42 Å². The Bertz CT molecular complexity index is 1220. The molecule has 0 spiro atoms. The third-order valence-electron chi connectivity index (χ3n) is 7.96. The highest BCUT2D eigenvalue weighted by Gasteiger charge is 2.51. The summed E-state index contributed by atoms with van der Waals surface area (Å²) >= 11 is 0. The number of aromatic nitrogens is 2. The van der Waals surface area contributed by atoms with Gasteiger partial charge in [0.15, 0.2) is 11.4 Å². The molecule has 0 atom stereocenters. The number of para-hydroxylation sites is 1. The molecule has 0 radical (unpaired) electrons. The molecule has 0 amide bonds. The first-order chi connectivity index (χ1) is 14.8. The second-order valence-corrected chi connectivity index (χ2v) is 9.90. The van der Waals surface area contributed by atoms with Crippen LogP contribution < -0.4 is 5.32 Å².